The molecule has 0 heterocycles. The number of anilines is 2. The van der Waals surface area contributed by atoms with E-state index in [-0.39, 0.29) is 17.3 Å². The summed E-state index contributed by atoms with van der Waals surface area (Å²) in [7, 11) is -3.64. The maximum absolute atomic E-state index is 13.8. The molecule has 3 rings (SSSR count). The zero-order valence-electron chi connectivity index (χ0n) is 15.1. The Morgan fingerprint density at radius 2 is 1.64 bits per heavy atom. The molecule has 0 aliphatic heterocycles. The molecule has 0 spiro atoms. The Labute approximate surface area is 163 Å². The quantitative estimate of drug-likeness (QED) is 0.658. The van der Waals surface area contributed by atoms with Gasteiger partial charge in [-0.3, -0.25) is 9.52 Å². The largest absolute Gasteiger partial charge is 0.322 e. The van der Waals surface area contributed by atoms with E-state index in [1.807, 2.05) is 42.5 Å². The van der Waals surface area contributed by atoms with Crippen LogP contribution in [0.2, 0.25) is 0 Å². The van der Waals surface area contributed by atoms with E-state index in [0.717, 1.165) is 23.4 Å². The van der Waals surface area contributed by atoms with E-state index >= 15 is 0 Å². The van der Waals surface area contributed by atoms with Crippen LogP contribution in [0.3, 0.4) is 0 Å². The van der Waals surface area contributed by atoms with Crippen LogP contribution in [0.5, 0.6) is 0 Å². The molecule has 0 aliphatic carbocycles. The summed E-state index contributed by atoms with van der Waals surface area (Å²) in [5.41, 5.74) is 2.48. The molecule has 0 atom stereocenters. The van der Waals surface area contributed by atoms with E-state index in [2.05, 4.69) is 10.0 Å². The first-order valence-corrected chi connectivity index (χ1v) is 10.4. The molecule has 0 bridgehead atoms. The van der Waals surface area contributed by atoms with Crippen molar-refractivity contribution < 1.29 is 17.6 Å². The van der Waals surface area contributed by atoms with Crippen LogP contribution in [0.1, 0.15) is 21.5 Å². The first-order chi connectivity index (χ1) is 13.3. The van der Waals surface area contributed by atoms with Crippen LogP contribution in [0.4, 0.5) is 15.8 Å². The minimum absolute atomic E-state index is 0.224. The fourth-order valence-corrected chi connectivity index (χ4v) is 3.35. The zero-order valence-corrected chi connectivity index (χ0v) is 16.0. The number of sulfonamides is 1. The molecule has 0 aliphatic rings. The number of nitrogens with one attached hydrogen (secondary N) is 2. The predicted molar refractivity (Wildman–Crippen MR) is 109 cm³/mol. The number of hydrogen-bond donors (Lipinski definition) is 2. The molecular formula is C21H19FN2O3S. The standard InChI is InChI=1S/C21H19FN2O3S/c1-28(26,27)24-20-14-17(11-12-19(20)22)23-21(25)18-10-6-5-9-16(18)13-15-7-3-2-4-8-15/h2-12,14,24H,13H2,1H3,(H,23,25). The van der Waals surface area contributed by atoms with Gasteiger partial charge in [-0.25, -0.2) is 12.8 Å². The van der Waals surface area contributed by atoms with Gasteiger partial charge in [-0.1, -0.05) is 48.5 Å². The molecule has 0 unspecified atom stereocenters. The van der Waals surface area contributed by atoms with Gasteiger partial charge < -0.3 is 5.32 Å². The van der Waals surface area contributed by atoms with Gasteiger partial charge in [-0.15, -0.1) is 0 Å². The molecule has 0 radical (unpaired) electrons. The minimum Gasteiger partial charge on any atom is -0.322 e. The summed E-state index contributed by atoms with van der Waals surface area (Å²) in [4.78, 5) is 12.8. The Kier molecular flexibility index (Phi) is 5.75. The van der Waals surface area contributed by atoms with Crippen molar-refractivity contribution in [1.29, 1.82) is 0 Å². The van der Waals surface area contributed by atoms with Crippen LogP contribution in [-0.2, 0) is 16.4 Å². The highest BCUT2D eigenvalue weighted by molar-refractivity contribution is 7.92. The van der Waals surface area contributed by atoms with E-state index in [1.165, 1.54) is 12.1 Å². The number of carbonyl (C=O) groups is 1. The maximum atomic E-state index is 13.8. The lowest BCUT2D eigenvalue weighted by atomic mass is 9.99. The third-order valence-corrected chi connectivity index (χ3v) is 4.61. The van der Waals surface area contributed by atoms with E-state index < -0.39 is 15.8 Å². The molecule has 5 nitrogen and oxygen atoms in total. The monoisotopic (exact) mass is 398 g/mol. The number of benzene rings is 3. The molecular weight excluding hydrogens is 379 g/mol. The van der Waals surface area contributed by atoms with Crippen molar-refractivity contribution in [3.05, 3.63) is 95.3 Å². The lowest BCUT2D eigenvalue weighted by molar-refractivity contribution is 0.102. The Morgan fingerprint density at radius 3 is 2.36 bits per heavy atom. The fraction of sp³-hybridized carbons (Fsp3) is 0.0952. The summed E-state index contributed by atoms with van der Waals surface area (Å²) in [5.74, 6) is -1.09. The molecule has 1 amide bonds. The number of amides is 1. The van der Waals surface area contributed by atoms with Gasteiger partial charge in [0.2, 0.25) is 10.0 Å². The lowest BCUT2D eigenvalue weighted by Crippen LogP contribution is -2.15. The maximum Gasteiger partial charge on any atom is 0.255 e. The van der Waals surface area contributed by atoms with Crippen molar-refractivity contribution >= 4 is 27.3 Å². The second kappa shape index (κ2) is 8.22. The van der Waals surface area contributed by atoms with Crippen LogP contribution in [-0.4, -0.2) is 20.6 Å². The summed E-state index contributed by atoms with van der Waals surface area (Å²) >= 11 is 0. The Morgan fingerprint density at radius 1 is 0.964 bits per heavy atom. The van der Waals surface area contributed by atoms with E-state index in [4.69, 9.17) is 0 Å². The third kappa shape index (κ3) is 5.17. The molecule has 28 heavy (non-hydrogen) atoms. The van der Waals surface area contributed by atoms with Gasteiger partial charge in [0.1, 0.15) is 5.82 Å². The number of hydrogen-bond acceptors (Lipinski definition) is 3. The minimum atomic E-state index is -3.64. The third-order valence-electron chi connectivity index (χ3n) is 4.02. The van der Waals surface area contributed by atoms with Gasteiger partial charge in [-0.05, 0) is 41.8 Å². The molecule has 0 saturated heterocycles. The Balaban J connectivity index is 1.83. The predicted octanol–water partition coefficient (Wildman–Crippen LogP) is 4.04. The van der Waals surface area contributed by atoms with E-state index in [9.17, 15) is 17.6 Å². The SMILES string of the molecule is CS(=O)(=O)Nc1cc(NC(=O)c2ccccc2Cc2ccccc2)ccc1F. The second-order valence-corrected chi connectivity index (χ2v) is 8.09. The summed E-state index contributed by atoms with van der Waals surface area (Å²) in [5, 5.41) is 2.70. The summed E-state index contributed by atoms with van der Waals surface area (Å²) in [6.07, 6.45) is 1.52. The Bertz CT molecular complexity index is 1100. The smallest absolute Gasteiger partial charge is 0.255 e. The summed E-state index contributed by atoms with van der Waals surface area (Å²) < 4.78 is 38.6. The van der Waals surface area contributed by atoms with Gasteiger partial charge in [0.25, 0.3) is 5.91 Å². The highest BCUT2D eigenvalue weighted by Crippen LogP contribution is 2.22. The highest BCUT2D eigenvalue weighted by atomic mass is 32.2. The molecule has 0 fully saturated rings. The van der Waals surface area contributed by atoms with Gasteiger partial charge in [0, 0.05) is 11.3 Å². The summed E-state index contributed by atoms with van der Waals surface area (Å²) in [6.45, 7) is 0. The normalized spacial score (nSPS) is 11.1. The van der Waals surface area contributed by atoms with Crippen LogP contribution in [0.25, 0.3) is 0 Å². The topological polar surface area (TPSA) is 75.3 Å². The van der Waals surface area contributed by atoms with Crippen molar-refractivity contribution in [1.82, 2.24) is 0 Å². The molecule has 0 aromatic heterocycles. The van der Waals surface area contributed by atoms with Crippen molar-refractivity contribution in [2.75, 3.05) is 16.3 Å². The molecule has 7 heteroatoms. The van der Waals surface area contributed by atoms with E-state index in [1.54, 1.807) is 12.1 Å². The fourth-order valence-electron chi connectivity index (χ4n) is 2.79. The lowest BCUT2D eigenvalue weighted by Gasteiger charge is -2.12. The van der Waals surface area contributed by atoms with Gasteiger partial charge in [0.05, 0.1) is 11.9 Å². The van der Waals surface area contributed by atoms with Gasteiger partial charge >= 0.3 is 0 Å². The van der Waals surface area contributed by atoms with Crippen molar-refractivity contribution in [3.63, 3.8) is 0 Å². The first kappa shape index (κ1) is 19.6. The zero-order chi connectivity index (χ0) is 20.1. The van der Waals surface area contributed by atoms with Crippen LogP contribution < -0.4 is 10.0 Å². The Hall–Kier alpha value is -3.19. The molecule has 0 saturated carbocycles. The van der Waals surface area contributed by atoms with Crippen molar-refractivity contribution in [2.24, 2.45) is 0 Å². The van der Waals surface area contributed by atoms with Gasteiger partial charge in [-0.2, -0.15) is 0 Å². The molecule has 144 valence electrons. The van der Waals surface area contributed by atoms with Crippen LogP contribution >= 0.6 is 0 Å². The van der Waals surface area contributed by atoms with Crippen LogP contribution in [0.15, 0.2) is 72.8 Å². The molecule has 3 aromatic carbocycles. The number of carbonyl (C=O) groups excluding carboxylic acids is 1. The molecule has 3 aromatic rings. The average molecular weight is 398 g/mol. The average Bonchev–Trinajstić information content (AvgIpc) is 2.64. The molecule has 2 N–H and O–H groups in total. The van der Waals surface area contributed by atoms with E-state index in [0.29, 0.717) is 12.0 Å². The highest BCUT2D eigenvalue weighted by Gasteiger charge is 2.14. The summed E-state index contributed by atoms with van der Waals surface area (Å²) in [6, 6.07) is 20.7. The number of rotatable bonds is 6. The second-order valence-electron chi connectivity index (χ2n) is 6.34. The van der Waals surface area contributed by atoms with Crippen molar-refractivity contribution in [2.45, 2.75) is 6.42 Å². The first-order valence-electron chi connectivity index (χ1n) is 8.52. The van der Waals surface area contributed by atoms with Crippen LogP contribution in [0, 0.1) is 5.82 Å². The number of halogens is 1. The van der Waals surface area contributed by atoms with Gasteiger partial charge in [0.15, 0.2) is 0 Å². The van der Waals surface area contributed by atoms with Crippen molar-refractivity contribution in [3.8, 4) is 0 Å².